The summed E-state index contributed by atoms with van der Waals surface area (Å²) < 4.78 is 20.5. The van der Waals surface area contributed by atoms with Crippen LogP contribution in [0.2, 0.25) is 0 Å². The predicted octanol–water partition coefficient (Wildman–Crippen LogP) is 1.95. The van der Waals surface area contributed by atoms with E-state index in [2.05, 4.69) is 32.7 Å². The molecule has 0 saturated heterocycles. The molecule has 0 unspecified atom stereocenters. The van der Waals surface area contributed by atoms with Gasteiger partial charge in [0.1, 0.15) is 0 Å². The van der Waals surface area contributed by atoms with E-state index < -0.39 is 7.82 Å². The first-order chi connectivity index (χ1) is 7.12. The van der Waals surface area contributed by atoms with Gasteiger partial charge in [-0.2, -0.15) is 0 Å². The Morgan fingerprint density at radius 3 is 1.80 bits per heavy atom. The smallest absolute Gasteiger partial charge is 0.302 e. The van der Waals surface area contributed by atoms with Crippen molar-refractivity contribution in [2.24, 2.45) is 0 Å². The minimum atomic E-state index is -3.91. The Labute approximate surface area is 90.6 Å². The highest BCUT2D eigenvalue weighted by atomic mass is 31.2. The van der Waals surface area contributed by atoms with Gasteiger partial charge in [0, 0.05) is 12.8 Å². The van der Waals surface area contributed by atoms with E-state index in [9.17, 15) is 4.57 Å². The molecule has 0 bridgehead atoms. The van der Waals surface area contributed by atoms with Crippen molar-refractivity contribution in [1.29, 1.82) is 0 Å². The second-order valence-corrected chi connectivity index (χ2v) is 3.94. The number of rotatable bonds is 6. The third-order valence-electron chi connectivity index (χ3n) is 1.32. The summed E-state index contributed by atoms with van der Waals surface area (Å²) in [5, 5.41) is 0. The van der Waals surface area contributed by atoms with Crippen LogP contribution in [0.4, 0.5) is 0 Å². The largest absolute Gasteiger partial charge is 0.472 e. The molecule has 0 amide bonds. The molecule has 0 aromatic rings. The summed E-state index contributed by atoms with van der Waals surface area (Å²) >= 11 is 0. The van der Waals surface area contributed by atoms with Crippen LogP contribution in [-0.2, 0) is 13.6 Å². The van der Waals surface area contributed by atoms with Crippen molar-refractivity contribution in [3.63, 3.8) is 0 Å². The Morgan fingerprint density at radius 2 is 1.47 bits per heavy atom. The molecule has 0 saturated carbocycles. The maximum atomic E-state index is 11.2. The molecule has 0 rings (SSSR count). The Balaban J connectivity index is 3.68. The monoisotopic (exact) mass is 230 g/mol. The highest BCUT2D eigenvalue weighted by Gasteiger charge is 2.19. The van der Waals surface area contributed by atoms with Crippen LogP contribution >= 0.6 is 7.82 Å². The summed E-state index contributed by atoms with van der Waals surface area (Å²) in [7, 11) is -3.91. The minimum absolute atomic E-state index is 0.0913. The van der Waals surface area contributed by atoms with Crippen molar-refractivity contribution in [3.05, 3.63) is 0 Å². The third-order valence-corrected chi connectivity index (χ3v) is 2.33. The van der Waals surface area contributed by atoms with Crippen LogP contribution in [0.3, 0.4) is 0 Å². The van der Waals surface area contributed by atoms with Gasteiger partial charge in [-0.25, -0.2) is 4.57 Å². The van der Waals surface area contributed by atoms with Crippen LogP contribution < -0.4 is 0 Å². The summed E-state index contributed by atoms with van der Waals surface area (Å²) in [5.41, 5.74) is 0. The summed E-state index contributed by atoms with van der Waals surface area (Å²) in [4.78, 5) is 9.13. The number of hydrogen-bond donors (Lipinski definition) is 1. The zero-order valence-corrected chi connectivity index (χ0v) is 9.84. The molecule has 0 aliphatic carbocycles. The van der Waals surface area contributed by atoms with Crippen molar-refractivity contribution in [2.45, 2.75) is 26.7 Å². The number of hydrogen-bond acceptors (Lipinski definition) is 3. The predicted molar refractivity (Wildman–Crippen MR) is 57.9 cm³/mol. The van der Waals surface area contributed by atoms with Gasteiger partial charge in [-0.15, -0.1) is 23.7 Å². The molecular weight excluding hydrogens is 215 g/mol. The molecule has 0 spiro atoms. The maximum absolute atomic E-state index is 11.2. The third kappa shape index (κ3) is 9.53. The lowest BCUT2D eigenvalue weighted by Gasteiger charge is -2.09. The highest BCUT2D eigenvalue weighted by molar-refractivity contribution is 7.47. The normalized spacial score (nSPS) is 9.80. The lowest BCUT2D eigenvalue weighted by Crippen LogP contribution is -1.97. The van der Waals surface area contributed by atoms with Gasteiger partial charge in [0.05, 0.1) is 13.2 Å². The SMILES string of the molecule is CC#CCCOP(=O)(O)OCCC#CC. The van der Waals surface area contributed by atoms with E-state index in [-0.39, 0.29) is 13.2 Å². The van der Waals surface area contributed by atoms with Crippen LogP contribution in [0.1, 0.15) is 26.7 Å². The Kier molecular flexibility index (Phi) is 8.09. The second-order valence-electron chi connectivity index (χ2n) is 2.49. The quantitative estimate of drug-likeness (QED) is 0.430. The molecule has 0 aliphatic heterocycles. The molecule has 84 valence electrons. The summed E-state index contributed by atoms with van der Waals surface area (Å²) in [6, 6.07) is 0. The van der Waals surface area contributed by atoms with Crippen molar-refractivity contribution in [2.75, 3.05) is 13.2 Å². The second kappa shape index (κ2) is 8.53. The highest BCUT2D eigenvalue weighted by Crippen LogP contribution is 2.43. The summed E-state index contributed by atoms with van der Waals surface area (Å²) in [6.07, 6.45) is 0.832. The van der Waals surface area contributed by atoms with E-state index in [0.717, 1.165) is 0 Å². The minimum Gasteiger partial charge on any atom is -0.302 e. The molecule has 0 aromatic heterocycles. The van der Waals surface area contributed by atoms with Crippen molar-refractivity contribution >= 4 is 7.82 Å². The van der Waals surface area contributed by atoms with Crippen LogP contribution in [0, 0.1) is 23.7 Å². The van der Waals surface area contributed by atoms with Crippen LogP contribution in [0.25, 0.3) is 0 Å². The van der Waals surface area contributed by atoms with Crippen molar-refractivity contribution < 1.29 is 18.5 Å². The lowest BCUT2D eigenvalue weighted by molar-refractivity contribution is 0.154. The summed E-state index contributed by atoms with van der Waals surface area (Å²) in [6.45, 7) is 3.57. The average Bonchev–Trinajstić information content (AvgIpc) is 2.20. The molecular formula is C10H15O4P. The average molecular weight is 230 g/mol. The van der Waals surface area contributed by atoms with E-state index in [1.165, 1.54) is 0 Å². The lowest BCUT2D eigenvalue weighted by atomic mass is 10.5. The van der Waals surface area contributed by atoms with Crippen LogP contribution in [0.15, 0.2) is 0 Å². The molecule has 1 N–H and O–H groups in total. The van der Waals surface area contributed by atoms with Gasteiger partial charge in [0.25, 0.3) is 0 Å². The van der Waals surface area contributed by atoms with Gasteiger partial charge in [0.15, 0.2) is 0 Å². The molecule has 15 heavy (non-hydrogen) atoms. The van der Waals surface area contributed by atoms with Crippen LogP contribution in [0.5, 0.6) is 0 Å². The first-order valence-electron chi connectivity index (χ1n) is 4.53. The zero-order valence-electron chi connectivity index (χ0n) is 8.95. The molecule has 0 radical (unpaired) electrons. The number of phosphoric acid groups is 1. The van der Waals surface area contributed by atoms with Gasteiger partial charge < -0.3 is 4.89 Å². The topological polar surface area (TPSA) is 55.8 Å². The molecule has 5 heteroatoms. The Morgan fingerprint density at radius 1 is 1.07 bits per heavy atom. The fourth-order valence-electron chi connectivity index (χ4n) is 0.711. The maximum Gasteiger partial charge on any atom is 0.472 e. The standard InChI is InChI=1S/C10H15O4P/c1-3-5-7-9-13-15(11,12)14-10-8-6-4-2/h7-10H2,1-2H3,(H,11,12). The molecule has 0 fully saturated rings. The van der Waals surface area contributed by atoms with Gasteiger partial charge >= 0.3 is 7.82 Å². The van der Waals surface area contributed by atoms with Gasteiger partial charge in [-0.05, 0) is 13.8 Å². The van der Waals surface area contributed by atoms with Gasteiger partial charge in [-0.3, -0.25) is 9.05 Å². The molecule has 0 aliphatic rings. The van der Waals surface area contributed by atoms with Gasteiger partial charge in [-0.1, -0.05) is 0 Å². The summed E-state index contributed by atoms with van der Waals surface area (Å²) in [5.74, 6) is 10.7. The fourth-order valence-corrected chi connectivity index (χ4v) is 1.43. The molecule has 0 atom stereocenters. The van der Waals surface area contributed by atoms with Crippen LogP contribution in [-0.4, -0.2) is 18.1 Å². The molecule has 0 heterocycles. The Bertz CT molecular complexity index is 299. The fraction of sp³-hybridized carbons (Fsp3) is 0.600. The Hall–Kier alpha value is -0.770. The van der Waals surface area contributed by atoms with E-state index in [1.807, 2.05) is 0 Å². The van der Waals surface area contributed by atoms with E-state index in [4.69, 9.17) is 4.89 Å². The first kappa shape index (κ1) is 14.2. The van der Waals surface area contributed by atoms with E-state index >= 15 is 0 Å². The first-order valence-corrected chi connectivity index (χ1v) is 6.03. The van der Waals surface area contributed by atoms with Gasteiger partial charge in [0.2, 0.25) is 0 Å². The zero-order chi connectivity index (χ0) is 11.6. The van der Waals surface area contributed by atoms with E-state index in [1.54, 1.807) is 13.8 Å². The molecule has 4 nitrogen and oxygen atoms in total. The van der Waals surface area contributed by atoms with Crippen molar-refractivity contribution in [1.82, 2.24) is 0 Å². The van der Waals surface area contributed by atoms with E-state index in [0.29, 0.717) is 12.8 Å². The number of phosphoric ester groups is 1. The molecule has 0 aromatic carbocycles. The van der Waals surface area contributed by atoms with Crippen molar-refractivity contribution in [3.8, 4) is 23.7 Å².